The first kappa shape index (κ1) is 14.2. The van der Waals surface area contributed by atoms with Crippen molar-refractivity contribution in [3.8, 4) is 5.75 Å². The molecule has 6 heteroatoms. The molecule has 1 heterocycles. The van der Waals surface area contributed by atoms with E-state index in [0.29, 0.717) is 5.69 Å². The number of hydrogen-bond acceptors (Lipinski definition) is 4. The van der Waals surface area contributed by atoms with Gasteiger partial charge in [0, 0.05) is 23.2 Å². The fraction of sp³-hybridized carbons (Fsp3) is 0.286. The van der Waals surface area contributed by atoms with Gasteiger partial charge in [0.05, 0.1) is 7.11 Å². The summed E-state index contributed by atoms with van der Waals surface area (Å²) in [6.45, 7) is 3.14. The second kappa shape index (κ2) is 5.40. The summed E-state index contributed by atoms with van der Waals surface area (Å²) in [6, 6.07) is 3.38. The van der Waals surface area contributed by atoms with Crippen LogP contribution in [0, 0.1) is 18.6 Å². The average molecular weight is 281 g/mol. The van der Waals surface area contributed by atoms with Gasteiger partial charge in [-0.3, -0.25) is 0 Å². The van der Waals surface area contributed by atoms with Crippen LogP contribution >= 0.6 is 0 Å². The largest absolute Gasteiger partial charge is 0.478 e. The van der Waals surface area contributed by atoms with Crippen LogP contribution in [0.3, 0.4) is 0 Å². The van der Waals surface area contributed by atoms with Crippen molar-refractivity contribution >= 4 is 16.9 Å². The number of aromatic nitrogens is 1. The Morgan fingerprint density at radius 2 is 2.00 bits per heavy atom. The van der Waals surface area contributed by atoms with Gasteiger partial charge in [-0.25, -0.2) is 18.6 Å². The highest BCUT2D eigenvalue weighted by atomic mass is 19.1. The third-order valence-electron chi connectivity index (χ3n) is 2.76. The van der Waals surface area contributed by atoms with E-state index in [4.69, 9.17) is 4.74 Å². The predicted molar refractivity (Wildman–Crippen MR) is 68.5 cm³/mol. The second-order valence-corrected chi connectivity index (χ2v) is 4.33. The molecule has 106 valence electrons. The Bertz CT molecular complexity index is 673. The van der Waals surface area contributed by atoms with Crippen LogP contribution in [-0.2, 0) is 9.53 Å². The average Bonchev–Trinajstić information content (AvgIpc) is 2.39. The fourth-order valence-electron chi connectivity index (χ4n) is 1.85. The van der Waals surface area contributed by atoms with Crippen LogP contribution in [0.25, 0.3) is 10.9 Å². The molecule has 0 saturated heterocycles. The SMILES string of the molecule is COC(=O)C(C)Oc1cc(C)nc2c(F)cc(F)cc12. The maximum Gasteiger partial charge on any atom is 0.346 e. The van der Waals surface area contributed by atoms with E-state index in [1.165, 1.54) is 20.1 Å². The number of halogens is 2. The normalized spacial score (nSPS) is 12.2. The van der Waals surface area contributed by atoms with Crippen molar-refractivity contribution in [1.82, 2.24) is 4.98 Å². The number of nitrogens with zero attached hydrogens (tertiary/aromatic N) is 1. The maximum absolute atomic E-state index is 13.7. The molecule has 0 N–H and O–H groups in total. The summed E-state index contributed by atoms with van der Waals surface area (Å²) < 4.78 is 37.0. The molecule has 0 saturated carbocycles. The first-order valence-electron chi connectivity index (χ1n) is 5.93. The molecule has 1 aromatic carbocycles. The van der Waals surface area contributed by atoms with Gasteiger partial charge in [-0.05, 0) is 19.9 Å². The lowest BCUT2D eigenvalue weighted by Crippen LogP contribution is -2.25. The first-order chi connectivity index (χ1) is 9.42. The number of pyridine rings is 1. The zero-order chi connectivity index (χ0) is 14.9. The first-order valence-corrected chi connectivity index (χ1v) is 5.93. The summed E-state index contributed by atoms with van der Waals surface area (Å²) in [5.74, 6) is -1.91. The topological polar surface area (TPSA) is 48.4 Å². The van der Waals surface area contributed by atoms with Gasteiger partial charge in [0.25, 0.3) is 0 Å². The van der Waals surface area contributed by atoms with Crippen LogP contribution < -0.4 is 4.74 Å². The van der Waals surface area contributed by atoms with Gasteiger partial charge >= 0.3 is 5.97 Å². The summed E-state index contributed by atoms with van der Waals surface area (Å²) in [7, 11) is 1.23. The fourth-order valence-corrected chi connectivity index (χ4v) is 1.85. The standard InChI is InChI=1S/C14H13F2NO3/c1-7-4-12(20-8(2)14(18)19-3)10-5-9(15)6-11(16)13(10)17-7/h4-6,8H,1-3H3. The molecule has 2 rings (SSSR count). The minimum absolute atomic E-state index is 0.00142. The zero-order valence-electron chi connectivity index (χ0n) is 11.2. The van der Waals surface area contributed by atoms with Crippen LogP contribution in [0.2, 0.25) is 0 Å². The van der Waals surface area contributed by atoms with Crippen molar-refractivity contribution in [2.24, 2.45) is 0 Å². The van der Waals surface area contributed by atoms with Crippen LogP contribution in [0.15, 0.2) is 18.2 Å². The maximum atomic E-state index is 13.7. The molecule has 0 amide bonds. The highest BCUT2D eigenvalue weighted by molar-refractivity contribution is 5.86. The van der Waals surface area contributed by atoms with Crippen molar-refractivity contribution in [3.05, 3.63) is 35.5 Å². The Morgan fingerprint density at radius 3 is 2.65 bits per heavy atom. The number of fused-ring (bicyclic) bond motifs is 1. The van der Waals surface area contributed by atoms with E-state index >= 15 is 0 Å². The Labute approximate surface area is 114 Å². The smallest absolute Gasteiger partial charge is 0.346 e. The monoisotopic (exact) mass is 281 g/mol. The number of esters is 1. The van der Waals surface area contributed by atoms with Crippen molar-refractivity contribution in [3.63, 3.8) is 0 Å². The van der Waals surface area contributed by atoms with Gasteiger partial charge < -0.3 is 9.47 Å². The molecule has 1 atom stereocenters. The Kier molecular flexibility index (Phi) is 3.83. The van der Waals surface area contributed by atoms with Crippen LogP contribution in [-0.4, -0.2) is 24.2 Å². The summed E-state index contributed by atoms with van der Waals surface area (Å²) in [5.41, 5.74) is 0.494. The van der Waals surface area contributed by atoms with Crippen molar-refractivity contribution in [2.45, 2.75) is 20.0 Å². The lowest BCUT2D eigenvalue weighted by atomic mass is 10.1. The quantitative estimate of drug-likeness (QED) is 0.812. The van der Waals surface area contributed by atoms with E-state index in [9.17, 15) is 13.6 Å². The third kappa shape index (κ3) is 2.68. The molecule has 0 aliphatic carbocycles. The molecule has 0 fully saturated rings. The summed E-state index contributed by atoms with van der Waals surface area (Å²) in [5, 5.41) is 0.170. The molecule has 1 aromatic heterocycles. The van der Waals surface area contributed by atoms with Crippen molar-refractivity contribution < 1.29 is 23.0 Å². The summed E-state index contributed by atoms with van der Waals surface area (Å²) >= 11 is 0. The lowest BCUT2D eigenvalue weighted by Gasteiger charge is -2.15. The molecular weight excluding hydrogens is 268 g/mol. The molecule has 0 spiro atoms. The molecule has 2 aromatic rings. The number of methoxy groups -OCH3 is 1. The van der Waals surface area contributed by atoms with Crippen LogP contribution in [0.5, 0.6) is 5.75 Å². The van der Waals surface area contributed by atoms with Gasteiger partial charge in [-0.2, -0.15) is 0 Å². The van der Waals surface area contributed by atoms with Crippen molar-refractivity contribution in [1.29, 1.82) is 0 Å². The second-order valence-electron chi connectivity index (χ2n) is 4.33. The van der Waals surface area contributed by atoms with E-state index in [2.05, 4.69) is 9.72 Å². The molecule has 20 heavy (non-hydrogen) atoms. The molecule has 4 nitrogen and oxygen atoms in total. The third-order valence-corrected chi connectivity index (χ3v) is 2.76. The molecule has 1 unspecified atom stereocenters. The predicted octanol–water partition coefficient (Wildman–Crippen LogP) is 2.76. The lowest BCUT2D eigenvalue weighted by molar-refractivity contribution is -0.147. The highest BCUT2D eigenvalue weighted by Crippen LogP contribution is 2.29. The number of rotatable bonds is 3. The Hall–Kier alpha value is -2.24. The molecular formula is C14H13F2NO3. The molecule has 0 aliphatic rings. The molecule has 0 radical (unpaired) electrons. The Balaban J connectivity index is 2.55. The minimum Gasteiger partial charge on any atom is -0.478 e. The van der Waals surface area contributed by atoms with Gasteiger partial charge in [0.2, 0.25) is 0 Å². The van der Waals surface area contributed by atoms with E-state index in [1.54, 1.807) is 6.92 Å². The van der Waals surface area contributed by atoms with Crippen molar-refractivity contribution in [2.75, 3.05) is 7.11 Å². The Morgan fingerprint density at radius 1 is 1.30 bits per heavy atom. The van der Waals surface area contributed by atoms with Gasteiger partial charge in [-0.15, -0.1) is 0 Å². The van der Waals surface area contributed by atoms with Gasteiger partial charge in [0.1, 0.15) is 17.1 Å². The minimum atomic E-state index is -0.892. The molecule has 0 bridgehead atoms. The number of ether oxygens (including phenoxy) is 2. The van der Waals surface area contributed by atoms with E-state index in [1.807, 2.05) is 0 Å². The van der Waals surface area contributed by atoms with E-state index < -0.39 is 23.7 Å². The van der Waals surface area contributed by atoms with E-state index in [0.717, 1.165) is 12.1 Å². The van der Waals surface area contributed by atoms with Gasteiger partial charge in [-0.1, -0.05) is 0 Å². The summed E-state index contributed by atoms with van der Waals surface area (Å²) in [4.78, 5) is 15.4. The number of carbonyl (C=O) groups is 1. The number of hydrogen-bond donors (Lipinski definition) is 0. The number of carbonyl (C=O) groups excluding carboxylic acids is 1. The summed E-state index contributed by atoms with van der Waals surface area (Å²) in [6.07, 6.45) is -0.892. The van der Waals surface area contributed by atoms with Crippen LogP contribution in [0.1, 0.15) is 12.6 Å². The van der Waals surface area contributed by atoms with E-state index in [-0.39, 0.29) is 16.7 Å². The number of benzene rings is 1. The number of aryl methyl sites for hydroxylation is 1. The highest BCUT2D eigenvalue weighted by Gasteiger charge is 2.18. The van der Waals surface area contributed by atoms with Gasteiger partial charge in [0.15, 0.2) is 11.9 Å². The molecule has 0 aliphatic heterocycles. The zero-order valence-corrected chi connectivity index (χ0v) is 11.2. The van der Waals surface area contributed by atoms with Crippen LogP contribution in [0.4, 0.5) is 8.78 Å².